The number of primary sulfonamides is 1. The van der Waals surface area contributed by atoms with Crippen molar-refractivity contribution in [1.82, 2.24) is 0 Å². The topological polar surface area (TPSA) is 141 Å². The molecule has 1 aliphatic rings. The van der Waals surface area contributed by atoms with Gasteiger partial charge in [0.05, 0.1) is 21.1 Å². The summed E-state index contributed by atoms with van der Waals surface area (Å²) in [5.74, 6) is -1.38. The average molecular weight is 476 g/mol. The van der Waals surface area contributed by atoms with Gasteiger partial charge in [0.1, 0.15) is 4.47 Å². The monoisotopic (exact) mass is 475 g/mol. The SMILES string of the molecule is NS(=O)(=O)c1ccc(N2C(=O)c3cccc4c(Br)c([N+](=O)[O-])cc(c34)C2=O)cc1. The number of imide groups is 1. The molecule has 0 aromatic heterocycles. The number of benzene rings is 3. The molecule has 9 nitrogen and oxygen atoms in total. The number of hydrogen-bond donors (Lipinski definition) is 1. The predicted molar refractivity (Wildman–Crippen MR) is 107 cm³/mol. The summed E-state index contributed by atoms with van der Waals surface area (Å²) >= 11 is 3.18. The van der Waals surface area contributed by atoms with E-state index < -0.39 is 26.8 Å². The van der Waals surface area contributed by atoms with E-state index >= 15 is 0 Å². The standard InChI is InChI=1S/C18H10BrN3O6S/c19-16-11-2-1-3-12-15(11)13(8-14(16)22(25)26)18(24)21(17(12)23)9-4-6-10(7-5-9)29(20,27)28/h1-8H,(H2,20,27,28). The minimum absolute atomic E-state index is 0.000577. The summed E-state index contributed by atoms with van der Waals surface area (Å²) in [6.07, 6.45) is 0. The van der Waals surface area contributed by atoms with E-state index in [1.807, 2.05) is 0 Å². The van der Waals surface area contributed by atoms with Crippen LogP contribution in [0.15, 0.2) is 57.9 Å². The molecule has 0 radical (unpaired) electrons. The van der Waals surface area contributed by atoms with Crippen LogP contribution in [0.4, 0.5) is 11.4 Å². The van der Waals surface area contributed by atoms with E-state index in [1.165, 1.54) is 30.3 Å². The number of rotatable bonds is 3. The summed E-state index contributed by atoms with van der Waals surface area (Å²) < 4.78 is 23.0. The molecule has 146 valence electrons. The highest BCUT2D eigenvalue weighted by molar-refractivity contribution is 9.10. The van der Waals surface area contributed by atoms with Gasteiger partial charge in [-0.3, -0.25) is 19.7 Å². The number of nitrogens with two attached hydrogens (primary N) is 1. The van der Waals surface area contributed by atoms with Crippen molar-refractivity contribution in [2.45, 2.75) is 4.90 Å². The Bertz CT molecular complexity index is 1350. The Balaban J connectivity index is 1.95. The molecular formula is C18H10BrN3O6S. The van der Waals surface area contributed by atoms with Crippen LogP contribution >= 0.6 is 15.9 Å². The number of anilines is 1. The minimum atomic E-state index is -3.95. The maximum absolute atomic E-state index is 13.1. The van der Waals surface area contributed by atoms with Crippen molar-refractivity contribution in [3.63, 3.8) is 0 Å². The maximum atomic E-state index is 13.1. The lowest BCUT2D eigenvalue weighted by Gasteiger charge is -2.27. The first-order valence-electron chi connectivity index (χ1n) is 8.02. The molecule has 0 bridgehead atoms. The zero-order valence-electron chi connectivity index (χ0n) is 14.3. The molecule has 0 saturated carbocycles. The van der Waals surface area contributed by atoms with Gasteiger partial charge in [0.15, 0.2) is 0 Å². The van der Waals surface area contributed by atoms with Crippen molar-refractivity contribution in [2.24, 2.45) is 5.14 Å². The molecular weight excluding hydrogens is 466 g/mol. The molecule has 1 heterocycles. The lowest BCUT2D eigenvalue weighted by molar-refractivity contribution is -0.385. The minimum Gasteiger partial charge on any atom is -0.268 e. The summed E-state index contributed by atoms with van der Waals surface area (Å²) in [5.41, 5.74) is 0.00124. The summed E-state index contributed by atoms with van der Waals surface area (Å²) in [6.45, 7) is 0. The molecule has 29 heavy (non-hydrogen) atoms. The molecule has 11 heteroatoms. The van der Waals surface area contributed by atoms with Crippen molar-refractivity contribution in [1.29, 1.82) is 0 Å². The molecule has 0 unspecified atom stereocenters. The van der Waals surface area contributed by atoms with Crippen LogP contribution in [0.1, 0.15) is 20.7 Å². The Labute approximate surface area is 172 Å². The van der Waals surface area contributed by atoms with E-state index in [0.717, 1.165) is 11.0 Å². The van der Waals surface area contributed by atoms with Crippen LogP contribution < -0.4 is 10.0 Å². The lowest BCUT2D eigenvalue weighted by atomic mass is 9.93. The number of hydrogen-bond acceptors (Lipinski definition) is 6. The second-order valence-electron chi connectivity index (χ2n) is 6.23. The summed E-state index contributed by atoms with van der Waals surface area (Å²) in [7, 11) is -3.95. The summed E-state index contributed by atoms with van der Waals surface area (Å²) in [6, 6.07) is 10.7. The van der Waals surface area contributed by atoms with Gasteiger partial charge in [-0.1, -0.05) is 12.1 Å². The fourth-order valence-electron chi connectivity index (χ4n) is 3.27. The Morgan fingerprint density at radius 1 is 1.00 bits per heavy atom. The number of halogens is 1. The third-order valence-electron chi connectivity index (χ3n) is 4.56. The number of sulfonamides is 1. The number of nitro groups is 1. The van der Waals surface area contributed by atoms with Gasteiger partial charge in [-0.2, -0.15) is 0 Å². The molecule has 3 aromatic rings. The Morgan fingerprint density at radius 3 is 2.21 bits per heavy atom. The van der Waals surface area contributed by atoms with Crippen LogP contribution in [0.3, 0.4) is 0 Å². The fraction of sp³-hybridized carbons (Fsp3) is 0. The number of nitrogens with zero attached hydrogens (tertiary/aromatic N) is 2. The summed E-state index contributed by atoms with van der Waals surface area (Å²) in [4.78, 5) is 37.6. The molecule has 3 aromatic carbocycles. The maximum Gasteiger partial charge on any atom is 0.284 e. The molecule has 0 saturated heterocycles. The van der Waals surface area contributed by atoms with Crippen molar-refractivity contribution in [3.05, 3.63) is 74.2 Å². The first-order chi connectivity index (χ1) is 13.6. The van der Waals surface area contributed by atoms with Crippen LogP contribution in [0.25, 0.3) is 10.8 Å². The Morgan fingerprint density at radius 2 is 1.62 bits per heavy atom. The molecule has 0 atom stereocenters. The van der Waals surface area contributed by atoms with E-state index in [0.29, 0.717) is 10.8 Å². The number of carbonyl (C=O) groups excluding carboxylic acids is 2. The third kappa shape index (κ3) is 2.90. The van der Waals surface area contributed by atoms with E-state index in [-0.39, 0.29) is 31.9 Å². The Hall–Kier alpha value is -3.15. The fourth-order valence-corrected chi connectivity index (χ4v) is 4.37. The second-order valence-corrected chi connectivity index (χ2v) is 8.58. The van der Waals surface area contributed by atoms with Gasteiger partial charge in [-0.25, -0.2) is 18.5 Å². The van der Waals surface area contributed by atoms with E-state index in [9.17, 15) is 28.1 Å². The molecule has 0 aliphatic carbocycles. The van der Waals surface area contributed by atoms with E-state index in [2.05, 4.69) is 15.9 Å². The van der Waals surface area contributed by atoms with Gasteiger partial charge >= 0.3 is 0 Å². The predicted octanol–water partition coefficient (Wildman–Crippen LogP) is 2.96. The number of carbonyl (C=O) groups is 2. The van der Waals surface area contributed by atoms with Gasteiger partial charge in [0.2, 0.25) is 10.0 Å². The van der Waals surface area contributed by atoms with Crippen molar-refractivity contribution < 1.29 is 22.9 Å². The molecule has 2 N–H and O–H groups in total. The van der Waals surface area contributed by atoms with Crippen molar-refractivity contribution in [2.75, 3.05) is 4.90 Å². The van der Waals surface area contributed by atoms with Crippen LogP contribution in [-0.2, 0) is 10.0 Å². The van der Waals surface area contributed by atoms with Crippen LogP contribution in [0.5, 0.6) is 0 Å². The van der Waals surface area contributed by atoms with Crippen LogP contribution in [0.2, 0.25) is 0 Å². The highest BCUT2D eigenvalue weighted by Crippen LogP contribution is 2.40. The summed E-state index contributed by atoms with van der Waals surface area (Å²) in [5, 5.41) is 17.2. The zero-order chi connectivity index (χ0) is 21.1. The number of nitro benzene ring substituents is 1. The van der Waals surface area contributed by atoms with Gasteiger partial charge in [-0.05, 0) is 46.3 Å². The largest absolute Gasteiger partial charge is 0.284 e. The van der Waals surface area contributed by atoms with Crippen molar-refractivity contribution in [3.8, 4) is 0 Å². The van der Waals surface area contributed by atoms with Gasteiger partial charge < -0.3 is 0 Å². The molecule has 1 aliphatic heterocycles. The normalized spacial score (nSPS) is 13.8. The zero-order valence-corrected chi connectivity index (χ0v) is 16.7. The third-order valence-corrected chi connectivity index (χ3v) is 6.33. The number of amides is 2. The second kappa shape index (κ2) is 6.44. The highest BCUT2D eigenvalue weighted by Gasteiger charge is 2.36. The van der Waals surface area contributed by atoms with Crippen LogP contribution in [0, 0.1) is 10.1 Å². The van der Waals surface area contributed by atoms with E-state index in [1.54, 1.807) is 12.1 Å². The van der Waals surface area contributed by atoms with Gasteiger partial charge in [0, 0.05) is 22.4 Å². The smallest absolute Gasteiger partial charge is 0.268 e. The molecule has 0 fully saturated rings. The van der Waals surface area contributed by atoms with Gasteiger partial charge in [-0.15, -0.1) is 0 Å². The van der Waals surface area contributed by atoms with Gasteiger partial charge in [0.25, 0.3) is 17.5 Å². The average Bonchev–Trinajstić information content (AvgIpc) is 2.66. The lowest BCUT2D eigenvalue weighted by Crippen LogP contribution is -2.40. The first kappa shape index (κ1) is 19.2. The van der Waals surface area contributed by atoms with E-state index in [4.69, 9.17) is 5.14 Å². The van der Waals surface area contributed by atoms with Crippen molar-refractivity contribution >= 4 is 59.9 Å². The highest BCUT2D eigenvalue weighted by atomic mass is 79.9. The quantitative estimate of drug-likeness (QED) is 0.350. The Kier molecular flexibility index (Phi) is 4.26. The van der Waals surface area contributed by atoms with Crippen LogP contribution in [-0.4, -0.2) is 25.2 Å². The molecule has 4 rings (SSSR count). The molecule has 0 spiro atoms. The first-order valence-corrected chi connectivity index (χ1v) is 10.4. The molecule has 2 amide bonds.